The Kier molecular flexibility index (Phi) is 7.06. The maximum Gasteiger partial charge on any atom is 0.407 e. The van der Waals surface area contributed by atoms with E-state index in [1.165, 1.54) is 0 Å². The number of carbonyl (C=O) groups is 2. The quantitative estimate of drug-likeness (QED) is 0.549. The van der Waals surface area contributed by atoms with E-state index in [0.29, 0.717) is 18.7 Å². The van der Waals surface area contributed by atoms with Gasteiger partial charge in [-0.3, -0.25) is 4.79 Å². The van der Waals surface area contributed by atoms with Gasteiger partial charge in [0.05, 0.1) is 6.42 Å². The van der Waals surface area contributed by atoms with Crippen LogP contribution in [0.3, 0.4) is 0 Å². The zero-order valence-corrected chi connectivity index (χ0v) is 16.1. The molecule has 1 fully saturated rings. The highest BCUT2D eigenvalue weighted by Gasteiger charge is 2.35. The van der Waals surface area contributed by atoms with E-state index in [1.807, 2.05) is 48.5 Å². The third-order valence-corrected chi connectivity index (χ3v) is 5.23. The minimum absolute atomic E-state index is 0.232. The van der Waals surface area contributed by atoms with Crippen LogP contribution in [0.25, 0.3) is 0 Å². The normalized spacial score (nSPS) is 15.4. The minimum atomic E-state index is -0.453. The van der Waals surface area contributed by atoms with Gasteiger partial charge in [0.25, 0.3) is 0 Å². The van der Waals surface area contributed by atoms with Crippen molar-refractivity contribution in [2.24, 2.45) is 5.41 Å². The first-order valence-electron chi connectivity index (χ1n) is 9.86. The summed E-state index contributed by atoms with van der Waals surface area (Å²) in [5.41, 5.74) is 0.673. The molecular weight excluding hydrogens is 354 g/mol. The average Bonchev–Trinajstić information content (AvgIpc) is 2.73. The maximum absolute atomic E-state index is 12.5. The van der Waals surface area contributed by atoms with Crippen molar-refractivity contribution in [1.82, 2.24) is 5.32 Å². The van der Waals surface area contributed by atoms with Gasteiger partial charge in [-0.05, 0) is 36.0 Å². The van der Waals surface area contributed by atoms with Crippen molar-refractivity contribution in [1.29, 1.82) is 0 Å². The van der Waals surface area contributed by atoms with E-state index >= 15 is 0 Å². The number of alkyl carbamates (subject to hydrolysis) is 1. The van der Waals surface area contributed by atoms with Crippen molar-refractivity contribution >= 4 is 12.1 Å². The summed E-state index contributed by atoms with van der Waals surface area (Å²) in [5, 5.41) is 2.86. The number of esters is 1. The van der Waals surface area contributed by atoms with Gasteiger partial charge in [0.2, 0.25) is 0 Å². The molecule has 1 aliphatic rings. The maximum atomic E-state index is 12.5. The van der Waals surface area contributed by atoms with Crippen LogP contribution in [0.1, 0.15) is 44.1 Å². The second-order valence-corrected chi connectivity index (χ2v) is 7.44. The molecule has 0 aromatic heterocycles. The Bertz CT molecular complexity index is 755. The summed E-state index contributed by atoms with van der Waals surface area (Å²) in [4.78, 5) is 24.6. The van der Waals surface area contributed by atoms with Crippen molar-refractivity contribution in [3.63, 3.8) is 0 Å². The molecule has 1 N–H and O–H groups in total. The minimum Gasteiger partial charge on any atom is -0.445 e. The Morgan fingerprint density at radius 3 is 2.21 bits per heavy atom. The van der Waals surface area contributed by atoms with Crippen LogP contribution in [-0.2, 0) is 16.1 Å². The fourth-order valence-electron chi connectivity index (χ4n) is 3.71. The molecule has 148 valence electrons. The van der Waals surface area contributed by atoms with Gasteiger partial charge < -0.3 is 14.8 Å². The van der Waals surface area contributed by atoms with Crippen molar-refractivity contribution in [3.05, 3.63) is 66.2 Å². The molecule has 5 heteroatoms. The molecule has 1 aliphatic carbocycles. The number of hydrogen-bond acceptors (Lipinski definition) is 4. The zero-order valence-electron chi connectivity index (χ0n) is 16.1. The van der Waals surface area contributed by atoms with Crippen LogP contribution in [0.4, 0.5) is 4.79 Å². The number of amides is 1. The van der Waals surface area contributed by atoms with Crippen LogP contribution in [-0.4, -0.2) is 18.6 Å². The molecule has 5 nitrogen and oxygen atoms in total. The second-order valence-electron chi connectivity index (χ2n) is 7.44. The van der Waals surface area contributed by atoms with Crippen molar-refractivity contribution < 1.29 is 19.1 Å². The van der Waals surface area contributed by atoms with Gasteiger partial charge >= 0.3 is 12.1 Å². The second kappa shape index (κ2) is 9.93. The van der Waals surface area contributed by atoms with Crippen LogP contribution in [0, 0.1) is 5.41 Å². The van der Waals surface area contributed by atoms with Gasteiger partial charge in [-0.1, -0.05) is 67.8 Å². The predicted molar refractivity (Wildman–Crippen MR) is 107 cm³/mol. The molecule has 1 saturated carbocycles. The van der Waals surface area contributed by atoms with Crippen LogP contribution in [0.15, 0.2) is 60.7 Å². The summed E-state index contributed by atoms with van der Waals surface area (Å²) < 4.78 is 10.8. The van der Waals surface area contributed by atoms with E-state index in [0.717, 1.165) is 37.7 Å². The van der Waals surface area contributed by atoms with Crippen molar-refractivity contribution in [3.8, 4) is 5.75 Å². The molecule has 2 aromatic rings. The van der Waals surface area contributed by atoms with Crippen molar-refractivity contribution in [2.45, 2.75) is 45.1 Å². The first kappa shape index (κ1) is 19.9. The number of benzene rings is 2. The molecule has 0 spiro atoms. The Hall–Kier alpha value is -2.82. The Balaban J connectivity index is 1.52. The lowest BCUT2D eigenvalue weighted by Gasteiger charge is -2.36. The fourth-order valence-corrected chi connectivity index (χ4v) is 3.71. The standard InChI is InChI=1S/C23H27NO4/c25-21(28-20-12-6-2-7-13-20)16-23(14-8-3-9-15-23)18-24-22(26)27-17-19-10-4-1-5-11-19/h1-2,4-7,10-13H,3,8-9,14-18H2,(H,24,26). The van der Waals surface area contributed by atoms with Gasteiger partial charge in [-0.2, -0.15) is 0 Å². The molecule has 1 amide bonds. The van der Waals surface area contributed by atoms with Gasteiger partial charge in [0, 0.05) is 6.54 Å². The number of ether oxygens (including phenoxy) is 2. The highest BCUT2D eigenvalue weighted by molar-refractivity contribution is 5.73. The van der Waals surface area contributed by atoms with Gasteiger partial charge in [-0.25, -0.2) is 4.79 Å². The molecule has 0 saturated heterocycles. The molecule has 0 atom stereocenters. The fraction of sp³-hybridized carbons (Fsp3) is 0.391. The molecule has 28 heavy (non-hydrogen) atoms. The molecular formula is C23H27NO4. The van der Waals surface area contributed by atoms with Gasteiger partial charge in [0.15, 0.2) is 0 Å². The lowest BCUT2D eigenvalue weighted by molar-refractivity contribution is -0.137. The highest BCUT2D eigenvalue weighted by atomic mass is 16.5. The lowest BCUT2D eigenvalue weighted by atomic mass is 9.71. The SMILES string of the molecule is O=C(CC1(CNC(=O)OCc2ccccc2)CCCCC1)Oc1ccccc1. The predicted octanol–water partition coefficient (Wildman–Crippen LogP) is 4.86. The molecule has 3 rings (SSSR count). The first-order chi connectivity index (χ1) is 13.7. The van der Waals surface area contributed by atoms with Gasteiger partial charge in [0.1, 0.15) is 12.4 Å². The molecule has 0 unspecified atom stereocenters. The summed E-state index contributed by atoms with van der Waals surface area (Å²) in [6.07, 6.45) is 4.91. The summed E-state index contributed by atoms with van der Waals surface area (Å²) in [5.74, 6) is 0.293. The van der Waals surface area contributed by atoms with E-state index in [2.05, 4.69) is 5.32 Å². The Labute approximate surface area is 166 Å². The molecule has 0 radical (unpaired) electrons. The Morgan fingerprint density at radius 2 is 1.54 bits per heavy atom. The van der Waals surface area contributed by atoms with E-state index in [-0.39, 0.29) is 18.0 Å². The smallest absolute Gasteiger partial charge is 0.407 e. The van der Waals surface area contributed by atoms with Crippen LogP contribution >= 0.6 is 0 Å². The van der Waals surface area contributed by atoms with E-state index in [4.69, 9.17) is 9.47 Å². The molecule has 0 heterocycles. The molecule has 0 bridgehead atoms. The topological polar surface area (TPSA) is 64.6 Å². The molecule has 0 aliphatic heterocycles. The van der Waals surface area contributed by atoms with E-state index < -0.39 is 6.09 Å². The first-order valence-corrected chi connectivity index (χ1v) is 9.86. The van der Waals surface area contributed by atoms with Crippen LogP contribution < -0.4 is 10.1 Å². The average molecular weight is 381 g/mol. The number of rotatable bonds is 7. The summed E-state index contributed by atoms with van der Waals surface area (Å²) in [7, 11) is 0. The number of nitrogens with one attached hydrogen (secondary N) is 1. The number of para-hydroxylation sites is 1. The summed E-state index contributed by atoms with van der Waals surface area (Å²) in [6, 6.07) is 18.7. The summed E-state index contributed by atoms with van der Waals surface area (Å²) >= 11 is 0. The largest absolute Gasteiger partial charge is 0.445 e. The zero-order chi connectivity index (χ0) is 19.7. The van der Waals surface area contributed by atoms with Gasteiger partial charge in [-0.15, -0.1) is 0 Å². The summed E-state index contributed by atoms with van der Waals surface area (Å²) in [6.45, 7) is 0.653. The Morgan fingerprint density at radius 1 is 0.893 bits per heavy atom. The van der Waals surface area contributed by atoms with E-state index in [1.54, 1.807) is 12.1 Å². The van der Waals surface area contributed by atoms with E-state index in [9.17, 15) is 9.59 Å². The van der Waals surface area contributed by atoms with Crippen LogP contribution in [0.2, 0.25) is 0 Å². The number of hydrogen-bond donors (Lipinski definition) is 1. The highest BCUT2D eigenvalue weighted by Crippen LogP contribution is 2.39. The molecule has 2 aromatic carbocycles. The van der Waals surface area contributed by atoms with Crippen LogP contribution in [0.5, 0.6) is 5.75 Å². The number of carbonyl (C=O) groups excluding carboxylic acids is 2. The van der Waals surface area contributed by atoms with Crippen molar-refractivity contribution in [2.75, 3.05) is 6.54 Å². The third kappa shape index (κ3) is 6.12. The third-order valence-electron chi connectivity index (χ3n) is 5.23. The monoisotopic (exact) mass is 381 g/mol. The lowest BCUT2D eigenvalue weighted by Crippen LogP contribution is -2.41.